The summed E-state index contributed by atoms with van der Waals surface area (Å²) in [5.41, 5.74) is 0. The zero-order valence-corrected chi connectivity index (χ0v) is 10.1. The Labute approximate surface area is 95.5 Å². The van der Waals surface area contributed by atoms with Crippen molar-refractivity contribution in [3.05, 3.63) is 0 Å². The van der Waals surface area contributed by atoms with Crippen molar-refractivity contribution in [3.8, 4) is 0 Å². The Hall–Kier alpha value is 0.177. The van der Waals surface area contributed by atoms with Crippen LogP contribution in [0.5, 0.6) is 0 Å². The van der Waals surface area contributed by atoms with E-state index in [1.807, 2.05) is 0 Å². The molecular weight excluding hydrogens is 186 g/mol. The van der Waals surface area contributed by atoms with Gasteiger partial charge in [0.05, 0.1) is 26.2 Å². The van der Waals surface area contributed by atoms with E-state index >= 15 is 0 Å². The van der Waals surface area contributed by atoms with Crippen molar-refractivity contribution in [2.75, 3.05) is 26.2 Å². The van der Waals surface area contributed by atoms with Crippen LogP contribution in [0.1, 0.15) is 53.4 Å². The van der Waals surface area contributed by atoms with Gasteiger partial charge in [-0.1, -0.05) is 27.7 Å². The zero-order valence-electron chi connectivity index (χ0n) is 10.1. The summed E-state index contributed by atoms with van der Waals surface area (Å²) in [7, 11) is 0. The standard InChI is InChI=1S/C12H28N.H4Si/c1-5-9-13(10-6-2,11-7-3)12-8-4;/h5-12H2,1-4H3;1H4/q+1;. The fourth-order valence-corrected chi connectivity index (χ4v) is 2.57. The van der Waals surface area contributed by atoms with Crippen LogP contribution in [-0.4, -0.2) is 41.6 Å². The Kier molecular flexibility index (Phi) is 11.5. The molecule has 0 aliphatic rings. The highest BCUT2D eigenvalue weighted by atomic mass is 28.1. The average Bonchev–Trinajstić information content (AvgIpc) is 2.06. The molecule has 88 valence electrons. The molecular formula is C12H32NSi+. The zero-order chi connectivity index (χ0) is 10.2. The SMILES string of the molecule is CCC[N+](CCC)(CCC)CCC.[SiH4]. The van der Waals surface area contributed by atoms with E-state index in [1.165, 1.54) is 56.3 Å². The summed E-state index contributed by atoms with van der Waals surface area (Å²) in [5.74, 6) is 0. The highest BCUT2D eigenvalue weighted by Gasteiger charge is 2.22. The first kappa shape index (κ1) is 16.6. The van der Waals surface area contributed by atoms with E-state index in [4.69, 9.17) is 0 Å². The topological polar surface area (TPSA) is 0 Å². The molecule has 0 fully saturated rings. The molecule has 0 heterocycles. The van der Waals surface area contributed by atoms with Crippen molar-refractivity contribution in [1.82, 2.24) is 0 Å². The van der Waals surface area contributed by atoms with Crippen molar-refractivity contribution in [2.24, 2.45) is 0 Å². The molecule has 1 nitrogen and oxygen atoms in total. The van der Waals surface area contributed by atoms with E-state index in [-0.39, 0.29) is 11.0 Å². The van der Waals surface area contributed by atoms with Gasteiger partial charge in [0.25, 0.3) is 0 Å². The summed E-state index contributed by atoms with van der Waals surface area (Å²) in [5, 5.41) is 0. The second-order valence-corrected chi connectivity index (χ2v) is 4.24. The minimum Gasteiger partial charge on any atom is -0.324 e. The van der Waals surface area contributed by atoms with Gasteiger partial charge in [0, 0.05) is 0 Å². The molecule has 0 aromatic heterocycles. The molecule has 0 radical (unpaired) electrons. The number of rotatable bonds is 8. The minimum absolute atomic E-state index is 0. The monoisotopic (exact) mass is 218 g/mol. The van der Waals surface area contributed by atoms with Gasteiger partial charge in [-0.15, -0.1) is 0 Å². The summed E-state index contributed by atoms with van der Waals surface area (Å²) in [6.45, 7) is 14.8. The molecule has 0 unspecified atom stereocenters. The van der Waals surface area contributed by atoms with Crippen LogP contribution in [-0.2, 0) is 0 Å². The number of quaternary nitrogens is 1. The smallest absolute Gasteiger partial charge is 0.0783 e. The van der Waals surface area contributed by atoms with Gasteiger partial charge in [-0.25, -0.2) is 0 Å². The summed E-state index contributed by atoms with van der Waals surface area (Å²) < 4.78 is 1.38. The van der Waals surface area contributed by atoms with Crippen molar-refractivity contribution in [3.63, 3.8) is 0 Å². The van der Waals surface area contributed by atoms with Crippen molar-refractivity contribution in [1.29, 1.82) is 0 Å². The van der Waals surface area contributed by atoms with Crippen LogP contribution in [0.3, 0.4) is 0 Å². The van der Waals surface area contributed by atoms with E-state index in [2.05, 4.69) is 27.7 Å². The van der Waals surface area contributed by atoms with Crippen molar-refractivity contribution in [2.45, 2.75) is 53.4 Å². The molecule has 0 aromatic carbocycles. The lowest BCUT2D eigenvalue weighted by molar-refractivity contribution is -0.928. The van der Waals surface area contributed by atoms with Crippen LogP contribution in [0.2, 0.25) is 0 Å². The predicted molar refractivity (Wildman–Crippen MR) is 72.2 cm³/mol. The Balaban J connectivity index is 0. The van der Waals surface area contributed by atoms with Crippen LogP contribution in [0.15, 0.2) is 0 Å². The first-order valence-electron chi connectivity index (χ1n) is 6.09. The third-order valence-corrected chi connectivity index (χ3v) is 2.79. The van der Waals surface area contributed by atoms with Gasteiger partial charge in [-0.2, -0.15) is 0 Å². The summed E-state index contributed by atoms with van der Waals surface area (Å²) in [6.07, 6.45) is 5.33. The van der Waals surface area contributed by atoms with Gasteiger partial charge in [0.15, 0.2) is 0 Å². The molecule has 0 aromatic rings. The number of hydrogen-bond donors (Lipinski definition) is 0. The largest absolute Gasteiger partial charge is 0.324 e. The van der Waals surface area contributed by atoms with Crippen LogP contribution < -0.4 is 0 Å². The fraction of sp³-hybridized carbons (Fsp3) is 1.00. The lowest BCUT2D eigenvalue weighted by Crippen LogP contribution is -2.50. The molecule has 0 bridgehead atoms. The Morgan fingerprint density at radius 2 is 0.786 bits per heavy atom. The van der Waals surface area contributed by atoms with E-state index in [1.54, 1.807) is 0 Å². The summed E-state index contributed by atoms with van der Waals surface area (Å²) in [4.78, 5) is 0. The van der Waals surface area contributed by atoms with Gasteiger partial charge >= 0.3 is 0 Å². The van der Waals surface area contributed by atoms with E-state index in [0.717, 1.165) is 0 Å². The molecule has 0 aliphatic heterocycles. The molecule has 14 heavy (non-hydrogen) atoms. The normalized spacial score (nSPS) is 11.1. The lowest BCUT2D eigenvalue weighted by atomic mass is 10.2. The maximum absolute atomic E-state index is 2.31. The predicted octanol–water partition coefficient (Wildman–Crippen LogP) is 1.99. The molecule has 2 heteroatoms. The van der Waals surface area contributed by atoms with E-state index < -0.39 is 0 Å². The highest BCUT2D eigenvalue weighted by molar-refractivity contribution is 5.75. The third kappa shape index (κ3) is 5.81. The fourth-order valence-electron chi connectivity index (χ4n) is 2.57. The summed E-state index contributed by atoms with van der Waals surface area (Å²) in [6, 6.07) is 0. The molecule has 0 atom stereocenters. The molecule has 0 spiro atoms. The summed E-state index contributed by atoms with van der Waals surface area (Å²) >= 11 is 0. The second kappa shape index (κ2) is 9.72. The van der Waals surface area contributed by atoms with Crippen molar-refractivity contribution >= 4 is 11.0 Å². The maximum atomic E-state index is 2.31. The minimum atomic E-state index is 0. The third-order valence-electron chi connectivity index (χ3n) is 2.79. The molecule has 0 aliphatic carbocycles. The van der Waals surface area contributed by atoms with Gasteiger partial charge in [0.1, 0.15) is 0 Å². The Bertz CT molecular complexity index is 85.4. The quantitative estimate of drug-likeness (QED) is 0.432. The number of nitrogens with zero attached hydrogens (tertiary/aromatic N) is 1. The molecule has 0 rings (SSSR count). The van der Waals surface area contributed by atoms with E-state index in [0.29, 0.717) is 0 Å². The van der Waals surface area contributed by atoms with Crippen LogP contribution in [0.4, 0.5) is 0 Å². The highest BCUT2D eigenvalue weighted by Crippen LogP contribution is 2.12. The number of hydrogen-bond acceptors (Lipinski definition) is 0. The first-order chi connectivity index (χ1) is 6.24. The van der Waals surface area contributed by atoms with Crippen LogP contribution in [0.25, 0.3) is 0 Å². The van der Waals surface area contributed by atoms with E-state index in [9.17, 15) is 0 Å². The second-order valence-electron chi connectivity index (χ2n) is 4.24. The van der Waals surface area contributed by atoms with Gasteiger partial charge in [0.2, 0.25) is 0 Å². The average molecular weight is 218 g/mol. The van der Waals surface area contributed by atoms with Crippen molar-refractivity contribution < 1.29 is 4.48 Å². The first-order valence-corrected chi connectivity index (χ1v) is 6.09. The van der Waals surface area contributed by atoms with Crippen LogP contribution in [0, 0.1) is 0 Å². The molecule has 0 N–H and O–H groups in total. The van der Waals surface area contributed by atoms with Gasteiger partial charge < -0.3 is 4.48 Å². The van der Waals surface area contributed by atoms with Gasteiger partial charge in [-0.05, 0) is 36.6 Å². The molecule has 0 saturated heterocycles. The molecule has 0 saturated carbocycles. The maximum Gasteiger partial charge on any atom is 0.0783 e. The lowest BCUT2D eigenvalue weighted by Gasteiger charge is -2.38. The van der Waals surface area contributed by atoms with Crippen LogP contribution >= 0.6 is 0 Å². The molecule has 0 amide bonds. The van der Waals surface area contributed by atoms with Gasteiger partial charge in [-0.3, -0.25) is 0 Å². The Morgan fingerprint density at radius 3 is 0.929 bits per heavy atom. The Morgan fingerprint density at radius 1 is 0.571 bits per heavy atom.